The fourth-order valence-electron chi connectivity index (χ4n) is 2.29. The van der Waals surface area contributed by atoms with E-state index in [4.69, 9.17) is 16.1 Å². The third-order valence-corrected chi connectivity index (χ3v) is 3.63. The second kappa shape index (κ2) is 4.53. The predicted molar refractivity (Wildman–Crippen MR) is 78.2 cm³/mol. The minimum Gasteiger partial charge on any atom is -0.361 e. The van der Waals surface area contributed by atoms with Gasteiger partial charge in [0, 0.05) is 23.3 Å². The van der Waals surface area contributed by atoms with Crippen LogP contribution in [0.4, 0.5) is 0 Å². The molecule has 0 amide bonds. The SMILES string of the molecule is CCc1cc(-c2nnc3c4ccccc4c(Cl)nn23)no1. The molecule has 0 fully saturated rings. The molecule has 0 spiro atoms. The number of halogens is 1. The number of nitrogens with zero attached hydrogens (tertiary/aromatic N) is 5. The van der Waals surface area contributed by atoms with Crippen LogP contribution in [0.25, 0.3) is 27.9 Å². The fourth-order valence-corrected chi connectivity index (χ4v) is 2.53. The normalized spacial score (nSPS) is 11.5. The van der Waals surface area contributed by atoms with Gasteiger partial charge >= 0.3 is 0 Å². The first-order valence-electron chi connectivity index (χ1n) is 6.53. The molecule has 3 heterocycles. The van der Waals surface area contributed by atoms with Gasteiger partial charge in [0.25, 0.3) is 0 Å². The molecule has 0 N–H and O–H groups in total. The first-order chi connectivity index (χ1) is 10.3. The summed E-state index contributed by atoms with van der Waals surface area (Å²) in [5.74, 6) is 1.30. The van der Waals surface area contributed by atoms with Gasteiger partial charge in [-0.1, -0.05) is 47.9 Å². The van der Waals surface area contributed by atoms with Gasteiger partial charge in [-0.3, -0.25) is 0 Å². The van der Waals surface area contributed by atoms with Gasteiger partial charge in [-0.15, -0.1) is 10.2 Å². The summed E-state index contributed by atoms with van der Waals surface area (Å²) in [7, 11) is 0. The molecule has 0 saturated heterocycles. The van der Waals surface area contributed by atoms with Crippen LogP contribution in [0.2, 0.25) is 5.15 Å². The predicted octanol–water partition coefficient (Wildman–Crippen LogP) is 3.15. The van der Waals surface area contributed by atoms with Gasteiger partial charge in [0.2, 0.25) is 5.82 Å². The fraction of sp³-hybridized carbons (Fsp3) is 0.143. The molecule has 0 atom stereocenters. The van der Waals surface area contributed by atoms with E-state index in [1.54, 1.807) is 4.52 Å². The lowest BCUT2D eigenvalue weighted by molar-refractivity contribution is 0.388. The first kappa shape index (κ1) is 12.3. The maximum Gasteiger partial charge on any atom is 0.207 e. The summed E-state index contributed by atoms with van der Waals surface area (Å²) in [4.78, 5) is 0. The van der Waals surface area contributed by atoms with E-state index in [0.29, 0.717) is 22.3 Å². The molecule has 4 aromatic rings. The van der Waals surface area contributed by atoms with Crippen molar-refractivity contribution in [1.29, 1.82) is 0 Å². The Kier molecular flexibility index (Phi) is 2.65. The van der Waals surface area contributed by atoms with E-state index in [2.05, 4.69) is 20.5 Å². The Morgan fingerprint density at radius 3 is 2.76 bits per heavy atom. The van der Waals surface area contributed by atoms with Crippen LogP contribution in [0, 0.1) is 0 Å². The number of benzene rings is 1. The van der Waals surface area contributed by atoms with Crippen LogP contribution in [-0.2, 0) is 6.42 Å². The topological polar surface area (TPSA) is 69.1 Å². The first-order valence-corrected chi connectivity index (χ1v) is 6.91. The van der Waals surface area contributed by atoms with Crippen LogP contribution in [0.5, 0.6) is 0 Å². The van der Waals surface area contributed by atoms with E-state index < -0.39 is 0 Å². The minimum absolute atomic E-state index is 0.401. The Labute approximate surface area is 124 Å². The molecule has 0 aliphatic heterocycles. The smallest absolute Gasteiger partial charge is 0.207 e. The molecule has 0 aliphatic rings. The summed E-state index contributed by atoms with van der Waals surface area (Å²) in [6, 6.07) is 9.52. The summed E-state index contributed by atoms with van der Waals surface area (Å²) >= 11 is 6.25. The summed E-state index contributed by atoms with van der Waals surface area (Å²) < 4.78 is 6.81. The van der Waals surface area contributed by atoms with Gasteiger partial charge in [0.1, 0.15) is 5.76 Å². The Balaban J connectivity index is 2.04. The number of hydrogen-bond donors (Lipinski definition) is 0. The summed E-state index contributed by atoms with van der Waals surface area (Å²) in [5, 5.41) is 18.9. The second-order valence-corrected chi connectivity index (χ2v) is 4.99. The molecule has 0 saturated carbocycles. The summed E-state index contributed by atoms with van der Waals surface area (Å²) in [5.41, 5.74) is 1.24. The molecule has 6 nitrogen and oxygen atoms in total. The van der Waals surface area contributed by atoms with Gasteiger partial charge in [-0.25, -0.2) is 0 Å². The molecule has 7 heteroatoms. The van der Waals surface area contributed by atoms with Gasteiger partial charge in [0.15, 0.2) is 16.5 Å². The molecule has 0 bridgehead atoms. The molecule has 104 valence electrons. The number of hydrogen-bond acceptors (Lipinski definition) is 5. The molecule has 0 aliphatic carbocycles. The molecular weight excluding hydrogens is 290 g/mol. The van der Waals surface area contributed by atoms with Crippen LogP contribution in [-0.4, -0.2) is 25.0 Å². The van der Waals surface area contributed by atoms with Crippen molar-refractivity contribution in [3.8, 4) is 11.5 Å². The van der Waals surface area contributed by atoms with E-state index in [9.17, 15) is 0 Å². The molecular formula is C14H10ClN5O. The van der Waals surface area contributed by atoms with Crippen LogP contribution in [0.15, 0.2) is 34.9 Å². The molecule has 3 aromatic heterocycles. The van der Waals surface area contributed by atoms with Crippen LogP contribution in [0.3, 0.4) is 0 Å². The second-order valence-electron chi connectivity index (χ2n) is 4.63. The van der Waals surface area contributed by atoms with E-state index in [1.165, 1.54) is 0 Å². The quantitative estimate of drug-likeness (QED) is 0.568. The number of fused-ring (bicyclic) bond motifs is 3. The van der Waals surface area contributed by atoms with Crippen molar-refractivity contribution in [3.05, 3.63) is 41.2 Å². The van der Waals surface area contributed by atoms with Crippen molar-refractivity contribution in [2.75, 3.05) is 0 Å². The Morgan fingerprint density at radius 2 is 2.00 bits per heavy atom. The van der Waals surface area contributed by atoms with Crippen molar-refractivity contribution >= 4 is 28.0 Å². The standard InChI is InChI=1S/C14H10ClN5O/c1-2-8-7-11(19-21-8)14-17-16-13-10-6-4-3-5-9(10)12(15)18-20(13)14/h3-7H,2H2,1H3. The molecule has 4 rings (SSSR count). The molecule has 0 unspecified atom stereocenters. The highest BCUT2D eigenvalue weighted by Gasteiger charge is 2.17. The average Bonchev–Trinajstić information content (AvgIpc) is 3.13. The number of aryl methyl sites for hydroxylation is 1. The average molecular weight is 300 g/mol. The number of rotatable bonds is 2. The highest BCUT2D eigenvalue weighted by molar-refractivity contribution is 6.34. The maximum atomic E-state index is 6.25. The van der Waals surface area contributed by atoms with Gasteiger partial charge in [0.05, 0.1) is 0 Å². The van der Waals surface area contributed by atoms with E-state index in [0.717, 1.165) is 23.0 Å². The Morgan fingerprint density at radius 1 is 1.19 bits per heavy atom. The van der Waals surface area contributed by atoms with Crippen molar-refractivity contribution in [1.82, 2.24) is 25.0 Å². The Hall–Kier alpha value is -2.47. The van der Waals surface area contributed by atoms with E-state index in [-0.39, 0.29) is 0 Å². The zero-order chi connectivity index (χ0) is 14.4. The molecule has 0 radical (unpaired) electrons. The molecule has 1 aromatic carbocycles. The number of aromatic nitrogens is 5. The lowest BCUT2D eigenvalue weighted by Gasteiger charge is -2.02. The zero-order valence-corrected chi connectivity index (χ0v) is 11.9. The van der Waals surface area contributed by atoms with Crippen LogP contribution < -0.4 is 0 Å². The summed E-state index contributed by atoms with van der Waals surface area (Å²) in [6.45, 7) is 1.99. The van der Waals surface area contributed by atoms with Crippen molar-refractivity contribution in [2.45, 2.75) is 13.3 Å². The zero-order valence-electron chi connectivity index (χ0n) is 11.1. The van der Waals surface area contributed by atoms with E-state index in [1.807, 2.05) is 37.3 Å². The summed E-state index contributed by atoms with van der Waals surface area (Å²) in [6.07, 6.45) is 0.765. The van der Waals surface area contributed by atoms with Crippen LogP contribution in [0.1, 0.15) is 12.7 Å². The van der Waals surface area contributed by atoms with Crippen molar-refractivity contribution in [2.24, 2.45) is 0 Å². The van der Waals surface area contributed by atoms with E-state index >= 15 is 0 Å². The lowest BCUT2D eigenvalue weighted by Crippen LogP contribution is -1.97. The van der Waals surface area contributed by atoms with Crippen molar-refractivity contribution in [3.63, 3.8) is 0 Å². The van der Waals surface area contributed by atoms with Crippen molar-refractivity contribution < 1.29 is 4.52 Å². The maximum absolute atomic E-state index is 6.25. The lowest BCUT2D eigenvalue weighted by atomic mass is 10.2. The third-order valence-electron chi connectivity index (χ3n) is 3.36. The largest absolute Gasteiger partial charge is 0.361 e. The monoisotopic (exact) mass is 299 g/mol. The molecule has 21 heavy (non-hydrogen) atoms. The van der Waals surface area contributed by atoms with Gasteiger partial charge in [-0.05, 0) is 0 Å². The highest BCUT2D eigenvalue weighted by atomic mass is 35.5. The third kappa shape index (κ3) is 1.80. The van der Waals surface area contributed by atoms with Gasteiger partial charge in [-0.2, -0.15) is 9.61 Å². The highest BCUT2D eigenvalue weighted by Crippen LogP contribution is 2.26. The van der Waals surface area contributed by atoms with Crippen LogP contribution >= 0.6 is 11.6 Å². The van der Waals surface area contributed by atoms with Gasteiger partial charge < -0.3 is 4.52 Å². The minimum atomic E-state index is 0.401. The Bertz CT molecular complexity index is 958.